The number of hydrogen-bond donors (Lipinski definition) is 1. The smallest absolute Gasteiger partial charge is 0.450 e. The third-order valence-electron chi connectivity index (χ3n) is 4.79. The second kappa shape index (κ2) is 8.19. The quantitative estimate of drug-likeness (QED) is 0.735. The van der Waals surface area contributed by atoms with Gasteiger partial charge in [0.15, 0.2) is 0 Å². The first kappa shape index (κ1) is 19.0. The second-order valence-electron chi connectivity index (χ2n) is 6.98. The molecule has 3 atom stereocenters. The monoisotopic (exact) mass is 344 g/mol. The SMILES string of the molecule is Cc1cccc(C(C)c2nccn2CC(C)CC(C)OC(=O)O)c1C. The van der Waals surface area contributed by atoms with Crippen LogP contribution in [0.5, 0.6) is 0 Å². The molecule has 3 unspecified atom stereocenters. The van der Waals surface area contributed by atoms with Gasteiger partial charge >= 0.3 is 6.16 Å². The fraction of sp³-hybridized carbons (Fsp3) is 0.500. The van der Waals surface area contributed by atoms with Gasteiger partial charge in [0.25, 0.3) is 0 Å². The Kier molecular flexibility index (Phi) is 6.23. The van der Waals surface area contributed by atoms with Crippen molar-refractivity contribution < 1.29 is 14.6 Å². The molecule has 0 spiro atoms. The van der Waals surface area contributed by atoms with Crippen LogP contribution in [-0.4, -0.2) is 26.9 Å². The van der Waals surface area contributed by atoms with Crippen molar-refractivity contribution in [2.24, 2.45) is 5.92 Å². The summed E-state index contributed by atoms with van der Waals surface area (Å²) in [5.74, 6) is 1.52. The Balaban J connectivity index is 2.11. The van der Waals surface area contributed by atoms with E-state index in [1.807, 2.05) is 12.4 Å². The normalized spacial score (nSPS) is 14.8. The third kappa shape index (κ3) is 4.84. The molecule has 0 saturated heterocycles. The number of carbonyl (C=O) groups is 1. The lowest BCUT2D eigenvalue weighted by atomic mass is 9.93. The van der Waals surface area contributed by atoms with Gasteiger partial charge in [-0.05, 0) is 49.8 Å². The van der Waals surface area contributed by atoms with Gasteiger partial charge in [-0.25, -0.2) is 9.78 Å². The third-order valence-corrected chi connectivity index (χ3v) is 4.79. The van der Waals surface area contributed by atoms with E-state index in [9.17, 15) is 4.79 Å². The number of aryl methyl sites for hydroxylation is 1. The lowest BCUT2D eigenvalue weighted by Crippen LogP contribution is -2.20. The van der Waals surface area contributed by atoms with Crippen molar-refractivity contribution in [1.82, 2.24) is 9.55 Å². The summed E-state index contributed by atoms with van der Waals surface area (Å²) in [6.07, 6.45) is 2.99. The minimum atomic E-state index is -1.22. The number of benzene rings is 1. The van der Waals surface area contributed by atoms with Crippen LogP contribution < -0.4 is 0 Å². The molecule has 0 saturated carbocycles. The topological polar surface area (TPSA) is 64.4 Å². The summed E-state index contributed by atoms with van der Waals surface area (Å²) in [6.45, 7) is 11.2. The molecular weight excluding hydrogens is 316 g/mol. The highest BCUT2D eigenvalue weighted by molar-refractivity contribution is 5.57. The Morgan fingerprint density at radius 3 is 2.68 bits per heavy atom. The fourth-order valence-corrected chi connectivity index (χ4v) is 3.43. The maximum absolute atomic E-state index is 10.6. The minimum absolute atomic E-state index is 0.204. The average molecular weight is 344 g/mol. The van der Waals surface area contributed by atoms with Crippen LogP contribution in [0.4, 0.5) is 4.79 Å². The molecule has 5 nitrogen and oxygen atoms in total. The van der Waals surface area contributed by atoms with E-state index in [0.717, 1.165) is 12.4 Å². The largest absolute Gasteiger partial charge is 0.506 e. The van der Waals surface area contributed by atoms with Gasteiger partial charge in [0.2, 0.25) is 0 Å². The summed E-state index contributed by atoms with van der Waals surface area (Å²) in [6, 6.07) is 6.39. The summed E-state index contributed by atoms with van der Waals surface area (Å²) in [7, 11) is 0. The lowest BCUT2D eigenvalue weighted by Gasteiger charge is -2.21. The van der Waals surface area contributed by atoms with Crippen molar-refractivity contribution in [3.63, 3.8) is 0 Å². The van der Waals surface area contributed by atoms with Gasteiger partial charge in [0.1, 0.15) is 11.9 Å². The van der Waals surface area contributed by atoms with E-state index < -0.39 is 6.16 Å². The Hall–Kier alpha value is -2.30. The van der Waals surface area contributed by atoms with Crippen LogP contribution in [0.2, 0.25) is 0 Å². The van der Waals surface area contributed by atoms with E-state index in [2.05, 4.69) is 55.4 Å². The van der Waals surface area contributed by atoms with Gasteiger partial charge in [-0.15, -0.1) is 0 Å². The van der Waals surface area contributed by atoms with Gasteiger partial charge < -0.3 is 14.4 Å². The van der Waals surface area contributed by atoms with E-state index in [4.69, 9.17) is 9.84 Å². The van der Waals surface area contributed by atoms with Gasteiger partial charge in [-0.1, -0.05) is 32.0 Å². The number of aromatic nitrogens is 2. The standard InChI is InChI=1S/C20H28N2O3/c1-13(11-15(3)25-20(23)24)12-22-10-9-21-19(22)17(5)18-8-6-7-14(2)16(18)4/h6-10,13,15,17H,11-12H2,1-5H3,(H,23,24). The predicted molar refractivity (Wildman–Crippen MR) is 98.0 cm³/mol. The summed E-state index contributed by atoms with van der Waals surface area (Å²) in [5.41, 5.74) is 3.89. The average Bonchev–Trinajstić information content (AvgIpc) is 2.96. The number of rotatable bonds is 7. The molecule has 1 N–H and O–H groups in total. The van der Waals surface area contributed by atoms with E-state index in [-0.39, 0.29) is 17.9 Å². The van der Waals surface area contributed by atoms with Crippen molar-refractivity contribution in [3.05, 3.63) is 53.1 Å². The van der Waals surface area contributed by atoms with Gasteiger partial charge in [-0.3, -0.25) is 0 Å². The molecule has 136 valence electrons. The first-order chi connectivity index (χ1) is 11.8. The molecular formula is C20H28N2O3. The van der Waals surface area contributed by atoms with Gasteiger partial charge in [0.05, 0.1) is 0 Å². The minimum Gasteiger partial charge on any atom is -0.450 e. The summed E-state index contributed by atoms with van der Waals surface area (Å²) in [4.78, 5) is 15.2. The Morgan fingerprint density at radius 2 is 2.00 bits per heavy atom. The Bertz CT molecular complexity index is 723. The zero-order valence-corrected chi connectivity index (χ0v) is 15.7. The van der Waals surface area contributed by atoms with Crippen LogP contribution in [0.1, 0.15) is 55.6 Å². The van der Waals surface area contributed by atoms with Crippen molar-refractivity contribution in [1.29, 1.82) is 0 Å². The number of carboxylic acid groups (broad SMARTS) is 1. The maximum Gasteiger partial charge on any atom is 0.506 e. The number of hydrogen-bond acceptors (Lipinski definition) is 3. The van der Waals surface area contributed by atoms with Crippen LogP contribution in [0.15, 0.2) is 30.6 Å². The van der Waals surface area contributed by atoms with Crippen LogP contribution in [-0.2, 0) is 11.3 Å². The molecule has 0 radical (unpaired) electrons. The Morgan fingerprint density at radius 1 is 1.28 bits per heavy atom. The molecule has 0 aliphatic rings. The summed E-state index contributed by atoms with van der Waals surface area (Å²) in [5, 5.41) is 8.71. The van der Waals surface area contributed by atoms with E-state index in [1.54, 1.807) is 6.92 Å². The molecule has 2 aromatic rings. The number of nitrogens with zero attached hydrogens (tertiary/aromatic N) is 2. The molecule has 5 heteroatoms. The molecule has 2 rings (SSSR count). The first-order valence-corrected chi connectivity index (χ1v) is 8.76. The maximum atomic E-state index is 10.6. The summed E-state index contributed by atoms with van der Waals surface area (Å²) >= 11 is 0. The van der Waals surface area contributed by atoms with Crippen molar-refractivity contribution >= 4 is 6.16 Å². The molecule has 0 aliphatic heterocycles. The molecule has 0 amide bonds. The van der Waals surface area contributed by atoms with Gasteiger partial charge in [0, 0.05) is 24.9 Å². The number of imidazole rings is 1. The van der Waals surface area contributed by atoms with Crippen molar-refractivity contribution in [2.45, 2.75) is 59.6 Å². The molecule has 1 aromatic heterocycles. The second-order valence-corrected chi connectivity index (χ2v) is 6.98. The van der Waals surface area contributed by atoms with Crippen molar-refractivity contribution in [3.8, 4) is 0 Å². The van der Waals surface area contributed by atoms with E-state index in [1.165, 1.54) is 16.7 Å². The molecule has 1 heterocycles. The number of ether oxygens (including phenoxy) is 1. The van der Waals surface area contributed by atoms with E-state index >= 15 is 0 Å². The lowest BCUT2D eigenvalue weighted by molar-refractivity contribution is 0.0489. The highest BCUT2D eigenvalue weighted by Gasteiger charge is 2.19. The molecule has 25 heavy (non-hydrogen) atoms. The highest BCUT2D eigenvalue weighted by Crippen LogP contribution is 2.28. The first-order valence-electron chi connectivity index (χ1n) is 8.76. The van der Waals surface area contributed by atoms with Gasteiger partial charge in [-0.2, -0.15) is 0 Å². The molecule has 0 fully saturated rings. The zero-order valence-electron chi connectivity index (χ0n) is 15.7. The molecule has 0 bridgehead atoms. The van der Waals surface area contributed by atoms with Crippen LogP contribution in [0.3, 0.4) is 0 Å². The fourth-order valence-electron chi connectivity index (χ4n) is 3.43. The van der Waals surface area contributed by atoms with Crippen LogP contribution in [0.25, 0.3) is 0 Å². The van der Waals surface area contributed by atoms with Crippen molar-refractivity contribution in [2.75, 3.05) is 0 Å². The van der Waals surface area contributed by atoms with Crippen LogP contribution in [0, 0.1) is 19.8 Å². The van der Waals surface area contributed by atoms with E-state index in [0.29, 0.717) is 6.42 Å². The molecule has 0 aliphatic carbocycles. The van der Waals surface area contributed by atoms with Crippen LogP contribution >= 0.6 is 0 Å². The highest BCUT2D eigenvalue weighted by atomic mass is 16.7. The Labute approximate surface area is 149 Å². The predicted octanol–water partition coefficient (Wildman–Crippen LogP) is 4.76. The summed E-state index contributed by atoms with van der Waals surface area (Å²) < 4.78 is 6.98. The zero-order chi connectivity index (χ0) is 18.6. The molecule has 1 aromatic carbocycles.